The first-order chi connectivity index (χ1) is 16.3. The van der Waals surface area contributed by atoms with Crippen LogP contribution in [-0.4, -0.2) is 16.6 Å². The summed E-state index contributed by atoms with van der Waals surface area (Å²) in [5.41, 5.74) is 6.03. The topological polar surface area (TPSA) is 39.8 Å². The highest BCUT2D eigenvalue weighted by atomic mass is 32.1. The molecule has 3 aromatic carbocycles. The van der Waals surface area contributed by atoms with Gasteiger partial charge in [0.2, 0.25) is 0 Å². The van der Waals surface area contributed by atoms with Gasteiger partial charge in [-0.1, -0.05) is 84.9 Å². The number of rotatable bonds is 7. The fraction of sp³-hybridized carbons (Fsp3) is 0.107. The molecule has 0 saturated carbocycles. The molecule has 0 aliphatic heterocycles. The Balaban J connectivity index is 1.50. The molecule has 5 rings (SSSR count). The van der Waals surface area contributed by atoms with Gasteiger partial charge in [-0.2, -0.15) is 0 Å². The molecular formula is C28H25N3S2. The number of hydrogen-bond acceptors (Lipinski definition) is 2. The number of nitrogens with one attached hydrogen (secondary N) is 3. The zero-order valence-electron chi connectivity index (χ0n) is 18.1. The minimum atomic E-state index is 0.124. The van der Waals surface area contributed by atoms with Crippen LogP contribution in [0.4, 0.5) is 0 Å². The second-order valence-corrected chi connectivity index (χ2v) is 9.37. The van der Waals surface area contributed by atoms with Crippen molar-refractivity contribution in [2.75, 3.05) is 6.54 Å². The number of para-hydroxylation sites is 1. The number of thiophene rings is 1. The van der Waals surface area contributed by atoms with E-state index in [4.69, 9.17) is 12.2 Å². The highest BCUT2D eigenvalue weighted by Gasteiger charge is 2.23. The number of benzene rings is 3. The molecule has 0 bridgehead atoms. The van der Waals surface area contributed by atoms with Gasteiger partial charge in [0.25, 0.3) is 0 Å². The largest absolute Gasteiger partial charge is 0.362 e. The lowest BCUT2D eigenvalue weighted by atomic mass is 9.87. The van der Waals surface area contributed by atoms with Crippen molar-refractivity contribution in [3.8, 4) is 11.3 Å². The first kappa shape index (κ1) is 21.4. The van der Waals surface area contributed by atoms with Crippen LogP contribution in [0.3, 0.4) is 0 Å². The maximum Gasteiger partial charge on any atom is 0.166 e. The monoisotopic (exact) mass is 467 g/mol. The standard InChI is InChI=1S/C28H25N3S2/c32-28(29-18-22-14-9-17-33-22)30-19-24(20-10-3-1-4-11-20)26-23-15-7-8-16-25(23)31-27(26)21-12-5-2-6-13-21/h1-17,24,31H,18-19H2,(H2,29,30,32)/t24-/m0/s1. The van der Waals surface area contributed by atoms with Crippen LogP contribution in [0, 0.1) is 0 Å². The molecule has 1 atom stereocenters. The predicted octanol–water partition coefficient (Wildman–Crippen LogP) is 6.69. The maximum absolute atomic E-state index is 5.62. The van der Waals surface area contributed by atoms with Crippen LogP contribution in [0.5, 0.6) is 0 Å². The number of H-pyrrole nitrogens is 1. The van der Waals surface area contributed by atoms with E-state index in [1.54, 1.807) is 11.3 Å². The van der Waals surface area contributed by atoms with Gasteiger partial charge in [-0.15, -0.1) is 11.3 Å². The van der Waals surface area contributed by atoms with Crippen molar-refractivity contribution in [2.45, 2.75) is 12.5 Å². The fourth-order valence-corrected chi connectivity index (χ4v) is 5.07. The van der Waals surface area contributed by atoms with Gasteiger partial charge in [-0.25, -0.2) is 0 Å². The summed E-state index contributed by atoms with van der Waals surface area (Å²) in [7, 11) is 0. The Morgan fingerprint density at radius 1 is 0.818 bits per heavy atom. The van der Waals surface area contributed by atoms with Crippen molar-refractivity contribution in [3.63, 3.8) is 0 Å². The molecule has 164 valence electrons. The Morgan fingerprint density at radius 2 is 1.55 bits per heavy atom. The maximum atomic E-state index is 5.62. The zero-order chi connectivity index (χ0) is 22.5. The normalized spacial score (nSPS) is 11.9. The van der Waals surface area contributed by atoms with Crippen molar-refractivity contribution in [2.24, 2.45) is 0 Å². The van der Waals surface area contributed by atoms with E-state index in [0.717, 1.165) is 17.8 Å². The number of fused-ring (bicyclic) bond motifs is 1. The van der Waals surface area contributed by atoms with Gasteiger partial charge in [-0.05, 0) is 46.4 Å². The minimum Gasteiger partial charge on any atom is -0.362 e. The first-order valence-electron chi connectivity index (χ1n) is 11.0. The molecule has 0 amide bonds. The Kier molecular flexibility index (Phi) is 6.51. The lowest BCUT2D eigenvalue weighted by molar-refractivity contribution is 0.745. The van der Waals surface area contributed by atoms with Gasteiger partial charge in [0.05, 0.1) is 12.2 Å². The van der Waals surface area contributed by atoms with Crippen LogP contribution in [-0.2, 0) is 6.54 Å². The summed E-state index contributed by atoms with van der Waals surface area (Å²) in [5.74, 6) is 0.124. The van der Waals surface area contributed by atoms with E-state index < -0.39 is 0 Å². The van der Waals surface area contributed by atoms with E-state index in [-0.39, 0.29) is 5.92 Å². The van der Waals surface area contributed by atoms with Crippen LogP contribution >= 0.6 is 23.6 Å². The number of aromatic amines is 1. The quantitative estimate of drug-likeness (QED) is 0.233. The van der Waals surface area contributed by atoms with E-state index in [1.165, 1.54) is 27.0 Å². The van der Waals surface area contributed by atoms with Gasteiger partial charge in [0.1, 0.15) is 0 Å². The van der Waals surface area contributed by atoms with Gasteiger partial charge in [-0.3, -0.25) is 0 Å². The number of thiocarbonyl (C=S) groups is 1. The molecule has 0 unspecified atom stereocenters. The van der Waals surface area contributed by atoms with Gasteiger partial charge < -0.3 is 15.6 Å². The molecule has 0 radical (unpaired) electrons. The van der Waals surface area contributed by atoms with E-state index in [9.17, 15) is 0 Å². The third-order valence-electron chi connectivity index (χ3n) is 5.83. The molecule has 0 spiro atoms. The van der Waals surface area contributed by atoms with Crippen molar-refractivity contribution in [1.29, 1.82) is 0 Å². The Bertz CT molecular complexity index is 1330. The van der Waals surface area contributed by atoms with Gasteiger partial charge >= 0.3 is 0 Å². The summed E-state index contributed by atoms with van der Waals surface area (Å²) < 4.78 is 0. The van der Waals surface area contributed by atoms with E-state index in [1.807, 2.05) is 0 Å². The molecular weight excluding hydrogens is 442 g/mol. The summed E-state index contributed by atoms with van der Waals surface area (Å²) in [6.07, 6.45) is 0. The molecule has 2 aromatic heterocycles. The summed E-state index contributed by atoms with van der Waals surface area (Å²) >= 11 is 7.35. The first-order valence-corrected chi connectivity index (χ1v) is 12.3. The van der Waals surface area contributed by atoms with Gasteiger partial charge in [0.15, 0.2) is 5.11 Å². The summed E-state index contributed by atoms with van der Waals surface area (Å²) in [6, 6.07) is 33.9. The molecule has 0 saturated heterocycles. The highest BCUT2D eigenvalue weighted by Crippen LogP contribution is 2.38. The third-order valence-corrected chi connectivity index (χ3v) is 6.99. The van der Waals surface area contributed by atoms with Crippen molar-refractivity contribution in [3.05, 3.63) is 118 Å². The SMILES string of the molecule is S=C(NCc1cccs1)NC[C@@H](c1ccccc1)c1c(-c2ccccc2)[nH]c2ccccc12. The van der Waals surface area contributed by atoms with Crippen molar-refractivity contribution < 1.29 is 0 Å². The average molecular weight is 468 g/mol. The zero-order valence-corrected chi connectivity index (χ0v) is 19.8. The molecule has 2 heterocycles. The van der Waals surface area contributed by atoms with Crippen molar-refractivity contribution in [1.82, 2.24) is 15.6 Å². The number of hydrogen-bond donors (Lipinski definition) is 3. The third kappa shape index (κ3) is 4.85. The molecule has 0 aliphatic rings. The van der Waals surface area contributed by atoms with Crippen LogP contribution in [0.15, 0.2) is 102 Å². The second-order valence-electron chi connectivity index (χ2n) is 7.93. The van der Waals surface area contributed by atoms with Crippen LogP contribution in [0.2, 0.25) is 0 Å². The summed E-state index contributed by atoms with van der Waals surface area (Å²) in [4.78, 5) is 4.95. The minimum absolute atomic E-state index is 0.124. The highest BCUT2D eigenvalue weighted by molar-refractivity contribution is 7.80. The Morgan fingerprint density at radius 3 is 2.30 bits per heavy atom. The Hall–Kier alpha value is -3.41. The smallest absolute Gasteiger partial charge is 0.166 e. The second kappa shape index (κ2) is 10.0. The molecule has 3 N–H and O–H groups in total. The molecule has 33 heavy (non-hydrogen) atoms. The van der Waals surface area contributed by atoms with E-state index in [2.05, 4.69) is 118 Å². The fourth-order valence-electron chi connectivity index (χ4n) is 4.27. The summed E-state index contributed by atoms with van der Waals surface area (Å²) in [6.45, 7) is 1.43. The Labute approximate surface area is 203 Å². The summed E-state index contributed by atoms with van der Waals surface area (Å²) in [5, 5.41) is 10.8. The molecule has 0 aliphatic carbocycles. The van der Waals surface area contributed by atoms with E-state index >= 15 is 0 Å². The van der Waals surface area contributed by atoms with Crippen LogP contribution < -0.4 is 10.6 Å². The lowest BCUT2D eigenvalue weighted by Crippen LogP contribution is -2.37. The molecule has 5 heteroatoms. The van der Waals surface area contributed by atoms with Gasteiger partial charge in [0, 0.05) is 28.2 Å². The van der Waals surface area contributed by atoms with Crippen LogP contribution in [0.25, 0.3) is 22.2 Å². The molecule has 5 aromatic rings. The molecule has 0 fully saturated rings. The number of aromatic nitrogens is 1. The average Bonchev–Trinajstić information content (AvgIpc) is 3.53. The lowest BCUT2D eigenvalue weighted by Gasteiger charge is -2.21. The van der Waals surface area contributed by atoms with Crippen molar-refractivity contribution >= 4 is 39.6 Å². The molecule has 3 nitrogen and oxygen atoms in total. The predicted molar refractivity (Wildman–Crippen MR) is 144 cm³/mol. The van der Waals surface area contributed by atoms with E-state index in [0.29, 0.717) is 11.7 Å². The van der Waals surface area contributed by atoms with Crippen LogP contribution in [0.1, 0.15) is 21.9 Å².